The van der Waals surface area contributed by atoms with E-state index in [9.17, 15) is 39.7 Å². The predicted octanol–water partition coefficient (Wildman–Crippen LogP) is 2.23. The standard InChI is InChI=1S/C10H17F5O6SSi/c1-20-23(2,3)6-4-5-7(16)21-8(9(11,12)13)10(14,15)22(17,18)19/h8H,4-6H2,1-3H3,(H,17,18,19)/p-1. The van der Waals surface area contributed by atoms with Gasteiger partial charge in [0.2, 0.25) is 0 Å². The number of halogens is 5. The van der Waals surface area contributed by atoms with Crippen molar-refractivity contribution >= 4 is 24.4 Å². The van der Waals surface area contributed by atoms with Gasteiger partial charge >= 0.3 is 17.4 Å². The first-order valence-electron chi connectivity index (χ1n) is 6.19. The number of hydrogen-bond donors (Lipinski definition) is 0. The molecule has 0 rings (SSSR count). The maximum absolute atomic E-state index is 13.1. The molecule has 0 spiro atoms. The number of carbonyl (C=O) groups excluding carboxylic acids is 1. The maximum Gasteiger partial charge on any atom is 0.432 e. The van der Waals surface area contributed by atoms with E-state index in [1.54, 1.807) is 13.1 Å². The molecule has 0 saturated carbocycles. The van der Waals surface area contributed by atoms with Crippen LogP contribution in [0.25, 0.3) is 0 Å². The fourth-order valence-electron chi connectivity index (χ4n) is 1.41. The topological polar surface area (TPSA) is 92.7 Å². The van der Waals surface area contributed by atoms with Crippen LogP contribution in [0.15, 0.2) is 0 Å². The van der Waals surface area contributed by atoms with Crippen molar-refractivity contribution in [1.29, 1.82) is 0 Å². The van der Waals surface area contributed by atoms with E-state index >= 15 is 0 Å². The molecular formula is C10H16F5O6SSi-. The Morgan fingerprint density at radius 3 is 2.04 bits per heavy atom. The zero-order chi connectivity index (χ0) is 18.7. The van der Waals surface area contributed by atoms with Crippen LogP contribution in [0.3, 0.4) is 0 Å². The van der Waals surface area contributed by atoms with Crippen molar-refractivity contribution in [3.05, 3.63) is 0 Å². The van der Waals surface area contributed by atoms with Gasteiger partial charge in [-0.05, 0) is 25.6 Å². The minimum atomic E-state index is -6.67. The van der Waals surface area contributed by atoms with Crippen LogP contribution in [0.2, 0.25) is 19.1 Å². The molecule has 0 N–H and O–H groups in total. The second-order valence-corrected chi connectivity index (χ2v) is 11.1. The first-order chi connectivity index (χ1) is 10.0. The summed E-state index contributed by atoms with van der Waals surface area (Å²) in [5.41, 5.74) is 0. The van der Waals surface area contributed by atoms with Crippen molar-refractivity contribution in [3.63, 3.8) is 0 Å². The van der Waals surface area contributed by atoms with Crippen LogP contribution in [0.1, 0.15) is 12.8 Å². The van der Waals surface area contributed by atoms with Gasteiger partial charge < -0.3 is 13.7 Å². The van der Waals surface area contributed by atoms with E-state index in [2.05, 4.69) is 4.74 Å². The second-order valence-electron chi connectivity index (χ2n) is 5.24. The number of ether oxygens (including phenoxy) is 1. The average Bonchev–Trinajstić information content (AvgIpc) is 2.32. The van der Waals surface area contributed by atoms with E-state index in [-0.39, 0.29) is 6.42 Å². The highest BCUT2D eigenvalue weighted by atomic mass is 32.2. The Labute approximate surface area is 130 Å². The van der Waals surface area contributed by atoms with E-state index in [1.807, 2.05) is 0 Å². The van der Waals surface area contributed by atoms with E-state index in [0.717, 1.165) is 0 Å². The van der Waals surface area contributed by atoms with E-state index in [0.29, 0.717) is 6.04 Å². The molecule has 13 heteroatoms. The Morgan fingerprint density at radius 1 is 1.22 bits per heavy atom. The second kappa shape index (κ2) is 7.40. The molecule has 0 aliphatic rings. The van der Waals surface area contributed by atoms with Gasteiger partial charge in [-0.3, -0.25) is 4.79 Å². The largest absolute Gasteiger partial charge is 0.743 e. The fourth-order valence-corrected chi connectivity index (χ4v) is 3.08. The lowest BCUT2D eigenvalue weighted by Gasteiger charge is -2.29. The monoisotopic (exact) mass is 387 g/mol. The molecule has 0 aliphatic carbocycles. The third-order valence-electron chi connectivity index (χ3n) is 2.90. The molecule has 138 valence electrons. The SMILES string of the molecule is CO[Si](C)(C)CCCC(=O)OC(C(F)(F)F)C(F)(F)S(=O)(=O)[O-]. The van der Waals surface area contributed by atoms with Gasteiger partial charge in [-0.2, -0.15) is 22.0 Å². The van der Waals surface area contributed by atoms with Gasteiger partial charge in [0.25, 0.3) is 6.10 Å². The van der Waals surface area contributed by atoms with Crippen LogP contribution < -0.4 is 0 Å². The summed E-state index contributed by atoms with van der Waals surface area (Å²) < 4.78 is 103. The molecule has 0 bridgehead atoms. The smallest absolute Gasteiger partial charge is 0.432 e. The van der Waals surface area contributed by atoms with E-state index in [4.69, 9.17) is 4.43 Å². The van der Waals surface area contributed by atoms with Gasteiger partial charge in [-0.25, -0.2) is 8.42 Å². The van der Waals surface area contributed by atoms with Crippen molar-refractivity contribution in [2.75, 3.05) is 7.11 Å². The Balaban J connectivity index is 4.99. The summed E-state index contributed by atoms with van der Waals surface area (Å²) in [5.74, 6) is -1.68. The van der Waals surface area contributed by atoms with Gasteiger partial charge in [0, 0.05) is 13.5 Å². The number of carbonyl (C=O) groups is 1. The van der Waals surface area contributed by atoms with Crippen molar-refractivity contribution < 1.29 is 48.9 Å². The highest BCUT2D eigenvalue weighted by Gasteiger charge is 2.62. The molecule has 6 nitrogen and oxygen atoms in total. The quantitative estimate of drug-likeness (QED) is 0.274. The Bertz CT molecular complexity index is 518. The summed E-state index contributed by atoms with van der Waals surface area (Å²) in [4.78, 5) is 11.3. The summed E-state index contributed by atoms with van der Waals surface area (Å²) >= 11 is 0. The van der Waals surface area contributed by atoms with Gasteiger partial charge in [-0.15, -0.1) is 0 Å². The Morgan fingerprint density at radius 2 is 1.70 bits per heavy atom. The highest BCUT2D eigenvalue weighted by molar-refractivity contribution is 7.86. The first kappa shape index (κ1) is 22.2. The molecule has 0 aromatic carbocycles. The van der Waals surface area contributed by atoms with Crippen LogP contribution in [-0.2, 0) is 24.1 Å². The van der Waals surface area contributed by atoms with Crippen LogP contribution in [0, 0.1) is 0 Å². The summed E-state index contributed by atoms with van der Waals surface area (Å²) in [6.07, 6.45) is -10.9. The lowest BCUT2D eigenvalue weighted by molar-refractivity contribution is -0.259. The zero-order valence-electron chi connectivity index (χ0n) is 12.4. The summed E-state index contributed by atoms with van der Waals surface area (Å²) in [7, 11) is -7.36. The van der Waals surface area contributed by atoms with Crippen LogP contribution in [0.5, 0.6) is 0 Å². The van der Waals surface area contributed by atoms with Gasteiger partial charge in [0.1, 0.15) is 0 Å². The predicted molar refractivity (Wildman–Crippen MR) is 69.1 cm³/mol. The molecule has 0 aromatic heterocycles. The third-order valence-corrected chi connectivity index (χ3v) is 6.44. The summed E-state index contributed by atoms with van der Waals surface area (Å²) in [6, 6.07) is 0.339. The Kier molecular flexibility index (Phi) is 7.15. The van der Waals surface area contributed by atoms with Crippen LogP contribution >= 0.6 is 0 Å². The van der Waals surface area contributed by atoms with Crippen molar-refractivity contribution in [3.8, 4) is 0 Å². The van der Waals surface area contributed by atoms with Gasteiger partial charge in [0.05, 0.1) is 0 Å². The first-order valence-corrected chi connectivity index (χ1v) is 10.7. The molecule has 0 aromatic rings. The minimum absolute atomic E-state index is 0.00612. The number of alkyl halides is 5. The number of hydrogen-bond acceptors (Lipinski definition) is 6. The normalized spacial score (nSPS) is 15.3. The van der Waals surface area contributed by atoms with Crippen molar-refractivity contribution in [2.24, 2.45) is 0 Å². The third kappa shape index (κ3) is 6.69. The number of rotatable bonds is 8. The summed E-state index contributed by atoms with van der Waals surface area (Å²) in [5, 5.41) is -5.82. The molecule has 0 saturated heterocycles. The van der Waals surface area contributed by atoms with Gasteiger partial charge in [-0.1, -0.05) is 0 Å². The molecule has 0 radical (unpaired) electrons. The number of esters is 1. The lowest BCUT2D eigenvalue weighted by Crippen LogP contribution is -2.52. The minimum Gasteiger partial charge on any atom is -0.743 e. The average molecular weight is 387 g/mol. The van der Waals surface area contributed by atoms with E-state index in [1.165, 1.54) is 7.11 Å². The summed E-state index contributed by atoms with van der Waals surface area (Å²) in [6.45, 7) is 3.52. The molecule has 0 heterocycles. The van der Waals surface area contributed by atoms with Crippen molar-refractivity contribution in [2.45, 2.75) is 49.5 Å². The zero-order valence-corrected chi connectivity index (χ0v) is 14.3. The maximum atomic E-state index is 13.1. The van der Waals surface area contributed by atoms with Crippen LogP contribution in [0.4, 0.5) is 22.0 Å². The fraction of sp³-hybridized carbons (Fsp3) is 0.900. The molecule has 23 heavy (non-hydrogen) atoms. The van der Waals surface area contributed by atoms with Crippen LogP contribution in [-0.4, -0.2) is 51.9 Å². The molecule has 0 aliphatic heterocycles. The molecule has 0 amide bonds. The van der Waals surface area contributed by atoms with Gasteiger partial charge in [0.15, 0.2) is 18.4 Å². The lowest BCUT2D eigenvalue weighted by atomic mass is 10.3. The Hall–Kier alpha value is -0.793. The molecule has 0 fully saturated rings. The molecule has 1 atom stereocenters. The molecule has 1 unspecified atom stereocenters. The van der Waals surface area contributed by atoms with E-state index < -0.39 is 48.4 Å². The highest BCUT2D eigenvalue weighted by Crippen LogP contribution is 2.38. The molecular weight excluding hydrogens is 371 g/mol. The van der Waals surface area contributed by atoms with Crippen molar-refractivity contribution in [1.82, 2.24) is 0 Å².